The van der Waals surface area contributed by atoms with E-state index in [1.165, 1.54) is 49.8 Å². The van der Waals surface area contributed by atoms with Crippen LogP contribution in [0.25, 0.3) is 0 Å². The molecular weight excluding hydrogens is 194 g/mol. The third kappa shape index (κ3) is 1.89. The SMILES string of the molecule is Cc1ccc(CN2[C@@H]3CCC[C@H]2CC3)cc1. The number of fused-ring (bicyclic) bond motifs is 2. The predicted molar refractivity (Wildman–Crippen MR) is 67.4 cm³/mol. The molecule has 86 valence electrons. The lowest BCUT2D eigenvalue weighted by atomic mass is 10.0. The van der Waals surface area contributed by atoms with Gasteiger partial charge in [0.25, 0.3) is 0 Å². The Balaban J connectivity index is 1.72. The van der Waals surface area contributed by atoms with Gasteiger partial charge in [-0.05, 0) is 38.2 Å². The molecule has 2 fully saturated rings. The first kappa shape index (κ1) is 10.3. The van der Waals surface area contributed by atoms with E-state index in [2.05, 4.69) is 36.1 Å². The van der Waals surface area contributed by atoms with Crippen molar-refractivity contribution < 1.29 is 0 Å². The van der Waals surface area contributed by atoms with Crippen LogP contribution in [-0.4, -0.2) is 17.0 Å². The van der Waals surface area contributed by atoms with Gasteiger partial charge in [-0.1, -0.05) is 36.2 Å². The van der Waals surface area contributed by atoms with E-state index in [4.69, 9.17) is 0 Å². The molecule has 2 aliphatic rings. The number of benzene rings is 1. The van der Waals surface area contributed by atoms with Crippen LogP contribution in [0, 0.1) is 6.92 Å². The van der Waals surface area contributed by atoms with Gasteiger partial charge in [0.2, 0.25) is 0 Å². The van der Waals surface area contributed by atoms with Crippen molar-refractivity contribution in [2.75, 3.05) is 0 Å². The van der Waals surface area contributed by atoms with Crippen molar-refractivity contribution in [3.8, 4) is 0 Å². The molecule has 2 heterocycles. The van der Waals surface area contributed by atoms with E-state index in [-0.39, 0.29) is 0 Å². The monoisotopic (exact) mass is 215 g/mol. The first-order chi connectivity index (χ1) is 7.83. The number of hydrogen-bond acceptors (Lipinski definition) is 1. The first-order valence-corrected chi connectivity index (χ1v) is 6.64. The third-order valence-electron chi connectivity index (χ3n) is 4.33. The van der Waals surface area contributed by atoms with Gasteiger partial charge in [0.1, 0.15) is 0 Å². The van der Waals surface area contributed by atoms with E-state index < -0.39 is 0 Å². The van der Waals surface area contributed by atoms with Gasteiger partial charge in [0, 0.05) is 18.6 Å². The highest BCUT2D eigenvalue weighted by molar-refractivity contribution is 5.21. The lowest BCUT2D eigenvalue weighted by molar-refractivity contribution is 0.132. The second kappa shape index (κ2) is 4.21. The van der Waals surface area contributed by atoms with Crippen LogP contribution in [0.15, 0.2) is 24.3 Å². The minimum Gasteiger partial charge on any atom is -0.293 e. The molecule has 2 atom stereocenters. The Morgan fingerprint density at radius 2 is 1.62 bits per heavy atom. The summed E-state index contributed by atoms with van der Waals surface area (Å²) in [6.07, 6.45) is 7.21. The van der Waals surface area contributed by atoms with Gasteiger partial charge in [-0.3, -0.25) is 4.90 Å². The molecule has 1 heteroatoms. The summed E-state index contributed by atoms with van der Waals surface area (Å²) >= 11 is 0. The zero-order valence-corrected chi connectivity index (χ0v) is 10.2. The highest BCUT2D eigenvalue weighted by Crippen LogP contribution is 2.36. The summed E-state index contributed by atoms with van der Waals surface area (Å²) < 4.78 is 0. The van der Waals surface area contributed by atoms with E-state index in [0.717, 1.165) is 12.1 Å². The van der Waals surface area contributed by atoms with Gasteiger partial charge >= 0.3 is 0 Å². The molecule has 0 aliphatic carbocycles. The fourth-order valence-electron chi connectivity index (χ4n) is 3.39. The zero-order chi connectivity index (χ0) is 11.0. The lowest BCUT2D eigenvalue weighted by Gasteiger charge is -2.34. The van der Waals surface area contributed by atoms with Crippen LogP contribution in [0.3, 0.4) is 0 Å². The summed E-state index contributed by atoms with van der Waals surface area (Å²) in [5.41, 5.74) is 2.86. The van der Waals surface area contributed by atoms with Gasteiger partial charge < -0.3 is 0 Å². The standard InChI is InChI=1S/C15H21N/c1-12-5-7-13(8-6-12)11-16-14-3-2-4-15(16)10-9-14/h5-8,14-15H,2-4,9-11H2,1H3/t14-,15+. The Hall–Kier alpha value is -0.820. The Labute approximate surface area is 98.5 Å². The summed E-state index contributed by atoms with van der Waals surface area (Å²) in [5, 5.41) is 0. The maximum absolute atomic E-state index is 2.76. The Kier molecular flexibility index (Phi) is 2.72. The molecule has 1 aromatic carbocycles. The highest BCUT2D eigenvalue weighted by atomic mass is 15.2. The zero-order valence-electron chi connectivity index (χ0n) is 10.2. The molecule has 0 N–H and O–H groups in total. The van der Waals surface area contributed by atoms with Crippen molar-refractivity contribution in [1.82, 2.24) is 4.90 Å². The van der Waals surface area contributed by atoms with Crippen molar-refractivity contribution in [2.24, 2.45) is 0 Å². The van der Waals surface area contributed by atoms with Crippen LogP contribution in [0.2, 0.25) is 0 Å². The Morgan fingerprint density at radius 1 is 1.00 bits per heavy atom. The van der Waals surface area contributed by atoms with Crippen molar-refractivity contribution >= 4 is 0 Å². The molecule has 0 amide bonds. The number of piperidine rings is 1. The average molecular weight is 215 g/mol. The second-order valence-corrected chi connectivity index (χ2v) is 5.47. The number of aryl methyl sites for hydroxylation is 1. The third-order valence-corrected chi connectivity index (χ3v) is 4.33. The summed E-state index contributed by atoms with van der Waals surface area (Å²) in [5.74, 6) is 0. The molecule has 0 saturated carbocycles. The average Bonchev–Trinajstić information content (AvgIpc) is 2.52. The molecule has 2 bridgehead atoms. The van der Waals surface area contributed by atoms with Crippen molar-refractivity contribution in [3.63, 3.8) is 0 Å². The van der Waals surface area contributed by atoms with Gasteiger partial charge in [-0.15, -0.1) is 0 Å². The van der Waals surface area contributed by atoms with E-state index in [1.54, 1.807) is 0 Å². The van der Waals surface area contributed by atoms with Crippen molar-refractivity contribution in [2.45, 2.75) is 57.7 Å². The van der Waals surface area contributed by atoms with Crippen LogP contribution in [0.1, 0.15) is 43.2 Å². The van der Waals surface area contributed by atoms with Gasteiger partial charge in [0.05, 0.1) is 0 Å². The van der Waals surface area contributed by atoms with E-state index >= 15 is 0 Å². The first-order valence-electron chi connectivity index (χ1n) is 6.64. The molecule has 1 aromatic rings. The molecular formula is C15H21N. The topological polar surface area (TPSA) is 3.24 Å². The molecule has 1 nitrogen and oxygen atoms in total. The number of rotatable bonds is 2. The fraction of sp³-hybridized carbons (Fsp3) is 0.600. The van der Waals surface area contributed by atoms with Crippen LogP contribution in [0.5, 0.6) is 0 Å². The van der Waals surface area contributed by atoms with Gasteiger partial charge in [-0.2, -0.15) is 0 Å². The van der Waals surface area contributed by atoms with Crippen LogP contribution < -0.4 is 0 Å². The van der Waals surface area contributed by atoms with Crippen LogP contribution in [0.4, 0.5) is 0 Å². The second-order valence-electron chi connectivity index (χ2n) is 5.47. The van der Waals surface area contributed by atoms with E-state index in [0.29, 0.717) is 0 Å². The summed E-state index contributed by atoms with van der Waals surface area (Å²) in [4.78, 5) is 2.76. The minimum atomic E-state index is 0.889. The van der Waals surface area contributed by atoms with E-state index in [9.17, 15) is 0 Å². The van der Waals surface area contributed by atoms with Crippen LogP contribution >= 0.6 is 0 Å². The smallest absolute Gasteiger partial charge is 0.0239 e. The Bertz CT molecular complexity index is 338. The molecule has 0 radical (unpaired) electrons. The maximum Gasteiger partial charge on any atom is 0.0239 e. The molecule has 2 aliphatic heterocycles. The highest BCUT2D eigenvalue weighted by Gasteiger charge is 2.35. The molecule has 3 rings (SSSR count). The Morgan fingerprint density at radius 3 is 2.25 bits per heavy atom. The molecule has 0 unspecified atom stereocenters. The maximum atomic E-state index is 2.76. The molecule has 0 aromatic heterocycles. The van der Waals surface area contributed by atoms with Gasteiger partial charge in [-0.25, -0.2) is 0 Å². The molecule has 2 saturated heterocycles. The summed E-state index contributed by atoms with van der Waals surface area (Å²) in [6, 6.07) is 10.8. The summed E-state index contributed by atoms with van der Waals surface area (Å²) in [6.45, 7) is 3.34. The molecule has 0 spiro atoms. The normalized spacial score (nSPS) is 29.6. The largest absolute Gasteiger partial charge is 0.293 e. The van der Waals surface area contributed by atoms with Crippen LogP contribution in [-0.2, 0) is 6.54 Å². The van der Waals surface area contributed by atoms with E-state index in [1.807, 2.05) is 0 Å². The number of nitrogens with zero attached hydrogens (tertiary/aromatic N) is 1. The number of hydrogen-bond donors (Lipinski definition) is 0. The lowest BCUT2D eigenvalue weighted by Crippen LogP contribution is -2.38. The van der Waals surface area contributed by atoms with Gasteiger partial charge in [0.15, 0.2) is 0 Å². The quantitative estimate of drug-likeness (QED) is 0.729. The molecule has 16 heavy (non-hydrogen) atoms. The summed E-state index contributed by atoms with van der Waals surface area (Å²) in [7, 11) is 0. The predicted octanol–water partition coefficient (Wildman–Crippen LogP) is 3.51. The van der Waals surface area contributed by atoms with Crippen molar-refractivity contribution in [1.29, 1.82) is 0 Å². The fourth-order valence-corrected chi connectivity index (χ4v) is 3.39. The minimum absolute atomic E-state index is 0.889. The van der Waals surface area contributed by atoms with Crippen molar-refractivity contribution in [3.05, 3.63) is 35.4 Å².